The van der Waals surface area contributed by atoms with Gasteiger partial charge in [-0.15, -0.1) is 5.10 Å². The van der Waals surface area contributed by atoms with Gasteiger partial charge in [0.1, 0.15) is 11.3 Å². The molecule has 0 atom stereocenters. The molecule has 1 N–H and O–H groups in total. The summed E-state index contributed by atoms with van der Waals surface area (Å²) in [5, 5.41) is 11.3. The summed E-state index contributed by atoms with van der Waals surface area (Å²) >= 11 is 0. The van der Waals surface area contributed by atoms with E-state index in [4.69, 9.17) is 0 Å². The maximum absolute atomic E-state index is 12.6. The fourth-order valence-electron chi connectivity index (χ4n) is 3.15. The Morgan fingerprint density at radius 2 is 2.04 bits per heavy atom. The minimum absolute atomic E-state index is 0.0789. The first-order valence-electron chi connectivity index (χ1n) is 8.39. The molecule has 128 valence electrons. The Kier molecular flexibility index (Phi) is 3.83. The molecule has 25 heavy (non-hydrogen) atoms. The zero-order valence-electron chi connectivity index (χ0n) is 14.3. The molecule has 7 heteroatoms. The van der Waals surface area contributed by atoms with Crippen LogP contribution in [0.25, 0.3) is 5.65 Å². The van der Waals surface area contributed by atoms with Gasteiger partial charge in [-0.3, -0.25) is 9.20 Å². The largest absolute Gasteiger partial charge is 0.354 e. The Hall–Kier alpha value is -2.96. The van der Waals surface area contributed by atoms with E-state index in [1.54, 1.807) is 0 Å². The third-order valence-corrected chi connectivity index (χ3v) is 4.54. The lowest BCUT2D eigenvalue weighted by atomic mass is 10.00. The van der Waals surface area contributed by atoms with Gasteiger partial charge in [0.05, 0.1) is 11.4 Å². The number of amides is 1. The van der Waals surface area contributed by atoms with Crippen LogP contribution >= 0.6 is 0 Å². The third-order valence-electron chi connectivity index (χ3n) is 4.54. The summed E-state index contributed by atoms with van der Waals surface area (Å²) in [4.78, 5) is 19.2. The normalized spacial score (nSPS) is 14.6. The van der Waals surface area contributed by atoms with Crippen molar-refractivity contribution in [2.75, 3.05) is 24.5 Å². The Morgan fingerprint density at radius 3 is 2.80 bits per heavy atom. The van der Waals surface area contributed by atoms with Gasteiger partial charge in [0, 0.05) is 31.7 Å². The number of aryl methyl sites for hydroxylation is 2. The quantitative estimate of drug-likeness (QED) is 0.783. The average molecular weight is 336 g/mol. The lowest BCUT2D eigenvalue weighted by Gasteiger charge is -2.39. The standard InChI is InChI=1S/C18H20N6O/c1-12-6-7-16(22-21-12)23-10-14(11-23)9-19-18(25)17-13(2)20-15-5-3-4-8-24(15)17/h3-8,14H,9-11H2,1-2H3,(H,19,25). The summed E-state index contributed by atoms with van der Waals surface area (Å²) in [6.45, 7) is 6.19. The van der Waals surface area contributed by atoms with Crippen molar-refractivity contribution >= 4 is 17.4 Å². The highest BCUT2D eigenvalue weighted by atomic mass is 16.1. The number of rotatable bonds is 4. The minimum atomic E-state index is -0.0789. The summed E-state index contributed by atoms with van der Waals surface area (Å²) in [5.74, 6) is 1.24. The van der Waals surface area contributed by atoms with Crippen LogP contribution in [-0.2, 0) is 0 Å². The van der Waals surface area contributed by atoms with E-state index < -0.39 is 0 Å². The summed E-state index contributed by atoms with van der Waals surface area (Å²) in [7, 11) is 0. The second-order valence-electron chi connectivity index (χ2n) is 6.49. The summed E-state index contributed by atoms with van der Waals surface area (Å²) in [5.41, 5.74) is 3.06. The van der Waals surface area contributed by atoms with E-state index in [0.717, 1.165) is 35.9 Å². The zero-order chi connectivity index (χ0) is 17.4. The third kappa shape index (κ3) is 2.93. The fraction of sp³-hybridized carbons (Fsp3) is 0.333. The van der Waals surface area contributed by atoms with Gasteiger partial charge in [0.2, 0.25) is 0 Å². The summed E-state index contributed by atoms with van der Waals surface area (Å²) in [6, 6.07) is 9.66. The number of carbonyl (C=O) groups is 1. The minimum Gasteiger partial charge on any atom is -0.354 e. The summed E-state index contributed by atoms with van der Waals surface area (Å²) < 4.78 is 1.83. The second-order valence-corrected chi connectivity index (χ2v) is 6.49. The maximum Gasteiger partial charge on any atom is 0.270 e. The SMILES string of the molecule is Cc1ccc(N2CC(CNC(=O)c3c(C)nc4ccccn34)C2)nn1. The van der Waals surface area contributed by atoms with Crippen LogP contribution in [0.1, 0.15) is 21.9 Å². The second kappa shape index (κ2) is 6.16. The average Bonchev–Trinajstić information content (AvgIpc) is 2.90. The molecule has 1 aliphatic heterocycles. The predicted octanol–water partition coefficient (Wildman–Crippen LogP) is 1.61. The molecule has 0 spiro atoms. The van der Waals surface area contributed by atoms with Crippen molar-refractivity contribution in [2.24, 2.45) is 5.92 Å². The molecule has 3 aromatic heterocycles. The van der Waals surface area contributed by atoms with Crippen molar-refractivity contribution in [1.82, 2.24) is 24.9 Å². The molecule has 1 fully saturated rings. The van der Waals surface area contributed by atoms with Gasteiger partial charge in [-0.25, -0.2) is 4.98 Å². The van der Waals surface area contributed by atoms with Gasteiger partial charge in [0.25, 0.3) is 5.91 Å². The number of aromatic nitrogens is 4. The van der Waals surface area contributed by atoms with E-state index in [2.05, 4.69) is 25.4 Å². The molecular weight excluding hydrogens is 316 g/mol. The van der Waals surface area contributed by atoms with Crippen LogP contribution in [0.5, 0.6) is 0 Å². The first-order valence-corrected chi connectivity index (χ1v) is 8.39. The molecule has 1 amide bonds. The molecule has 1 aliphatic rings. The van der Waals surface area contributed by atoms with Gasteiger partial charge in [-0.1, -0.05) is 6.07 Å². The smallest absolute Gasteiger partial charge is 0.270 e. The molecule has 0 bridgehead atoms. The number of hydrogen-bond donors (Lipinski definition) is 1. The molecule has 1 saturated heterocycles. The van der Waals surface area contributed by atoms with E-state index >= 15 is 0 Å². The van der Waals surface area contributed by atoms with Crippen LogP contribution in [-0.4, -0.2) is 45.1 Å². The highest BCUT2D eigenvalue weighted by molar-refractivity contribution is 5.94. The molecule has 3 aromatic rings. The maximum atomic E-state index is 12.6. The number of fused-ring (bicyclic) bond motifs is 1. The molecule has 7 nitrogen and oxygen atoms in total. The van der Waals surface area contributed by atoms with Gasteiger partial charge >= 0.3 is 0 Å². The molecule has 0 radical (unpaired) electrons. The first-order chi connectivity index (χ1) is 12.1. The van der Waals surface area contributed by atoms with Crippen LogP contribution in [0.3, 0.4) is 0 Å². The molecular formula is C18H20N6O. The Balaban J connectivity index is 1.35. The van der Waals surface area contributed by atoms with Crippen molar-refractivity contribution in [3.63, 3.8) is 0 Å². The van der Waals surface area contributed by atoms with Crippen LogP contribution in [0.15, 0.2) is 36.5 Å². The molecule has 0 aromatic carbocycles. The van der Waals surface area contributed by atoms with Gasteiger partial charge in [-0.2, -0.15) is 5.10 Å². The Bertz CT molecular complexity index is 911. The van der Waals surface area contributed by atoms with Crippen LogP contribution in [0.2, 0.25) is 0 Å². The molecule has 0 saturated carbocycles. The molecule has 0 aliphatic carbocycles. The monoisotopic (exact) mass is 336 g/mol. The number of carbonyl (C=O) groups excluding carboxylic acids is 1. The van der Waals surface area contributed by atoms with Gasteiger partial charge in [0.15, 0.2) is 5.82 Å². The van der Waals surface area contributed by atoms with Crippen LogP contribution in [0.4, 0.5) is 5.82 Å². The number of anilines is 1. The Morgan fingerprint density at radius 1 is 1.20 bits per heavy atom. The van der Waals surface area contributed by atoms with E-state index in [9.17, 15) is 4.79 Å². The van der Waals surface area contributed by atoms with E-state index in [0.29, 0.717) is 18.2 Å². The molecule has 0 unspecified atom stereocenters. The zero-order valence-corrected chi connectivity index (χ0v) is 14.3. The number of nitrogens with zero attached hydrogens (tertiary/aromatic N) is 5. The lowest BCUT2D eigenvalue weighted by molar-refractivity contribution is 0.0938. The van der Waals surface area contributed by atoms with E-state index in [1.807, 2.05) is 54.8 Å². The van der Waals surface area contributed by atoms with Crippen molar-refractivity contribution in [3.05, 3.63) is 53.6 Å². The predicted molar refractivity (Wildman–Crippen MR) is 94.7 cm³/mol. The highest BCUT2D eigenvalue weighted by Crippen LogP contribution is 2.21. The topological polar surface area (TPSA) is 75.4 Å². The Labute approximate surface area is 145 Å². The molecule has 4 heterocycles. The lowest BCUT2D eigenvalue weighted by Crippen LogP contribution is -2.52. The van der Waals surface area contributed by atoms with Crippen LogP contribution < -0.4 is 10.2 Å². The fourth-order valence-corrected chi connectivity index (χ4v) is 3.15. The number of pyridine rings is 1. The van der Waals surface area contributed by atoms with Crippen molar-refractivity contribution < 1.29 is 4.79 Å². The van der Waals surface area contributed by atoms with Crippen molar-refractivity contribution in [3.8, 4) is 0 Å². The summed E-state index contributed by atoms with van der Waals surface area (Å²) in [6.07, 6.45) is 1.87. The van der Waals surface area contributed by atoms with Crippen molar-refractivity contribution in [2.45, 2.75) is 13.8 Å². The van der Waals surface area contributed by atoms with Gasteiger partial charge in [-0.05, 0) is 38.1 Å². The van der Waals surface area contributed by atoms with Crippen molar-refractivity contribution in [1.29, 1.82) is 0 Å². The number of hydrogen-bond acceptors (Lipinski definition) is 5. The van der Waals surface area contributed by atoms with Crippen LogP contribution in [0, 0.1) is 19.8 Å². The van der Waals surface area contributed by atoms with E-state index in [-0.39, 0.29) is 5.91 Å². The van der Waals surface area contributed by atoms with Gasteiger partial charge < -0.3 is 10.2 Å². The first kappa shape index (κ1) is 15.6. The molecule has 4 rings (SSSR count). The number of nitrogens with one attached hydrogen (secondary N) is 1. The van der Waals surface area contributed by atoms with E-state index in [1.165, 1.54) is 0 Å². The highest BCUT2D eigenvalue weighted by Gasteiger charge is 2.28. The number of imidazole rings is 1.